The Morgan fingerprint density at radius 1 is 0.606 bits per heavy atom. The number of nitrogens with two attached hydrogens (primary N) is 2. The zero-order valence-electron chi connectivity index (χ0n) is 19.3. The molecule has 0 aliphatic carbocycles. The van der Waals surface area contributed by atoms with E-state index in [2.05, 4.69) is 45.0 Å². The summed E-state index contributed by atoms with van der Waals surface area (Å²) in [5, 5.41) is 0. The Balaban J connectivity index is 1.75. The molecule has 0 amide bonds. The Bertz CT molecular complexity index is 1130. The second-order valence-electron chi connectivity index (χ2n) is 8.39. The van der Waals surface area contributed by atoms with E-state index >= 15 is 0 Å². The molecule has 4 aromatic rings. The predicted octanol–water partition coefficient (Wildman–Crippen LogP) is 7.59. The monoisotopic (exact) mass is 438 g/mol. The van der Waals surface area contributed by atoms with E-state index < -0.39 is 0 Å². The fraction of sp³-hybridized carbons (Fsp3) is 0.172. The third kappa shape index (κ3) is 5.29. The summed E-state index contributed by atoms with van der Waals surface area (Å²) in [5.74, 6) is 3.27. The highest BCUT2D eigenvalue weighted by Crippen LogP contribution is 2.42. The molecule has 0 saturated heterocycles. The minimum Gasteiger partial charge on any atom is -0.457 e. The van der Waals surface area contributed by atoms with E-state index in [1.807, 2.05) is 60.7 Å². The molecule has 0 fully saturated rings. The minimum absolute atomic E-state index is 0.0948. The maximum Gasteiger partial charge on any atom is 0.131 e. The van der Waals surface area contributed by atoms with Gasteiger partial charge in [-0.25, -0.2) is 0 Å². The van der Waals surface area contributed by atoms with Gasteiger partial charge in [0, 0.05) is 28.4 Å². The smallest absolute Gasteiger partial charge is 0.131 e. The first kappa shape index (κ1) is 22.3. The number of hydrogen-bond donors (Lipinski definition) is 2. The Morgan fingerprint density at radius 2 is 1.00 bits per heavy atom. The van der Waals surface area contributed by atoms with Crippen LogP contribution in [0.1, 0.15) is 41.5 Å². The molecule has 4 rings (SSSR count). The number of nitrogen functional groups attached to an aromatic ring is 2. The van der Waals surface area contributed by atoms with Crippen molar-refractivity contribution in [3.63, 3.8) is 0 Å². The summed E-state index contributed by atoms with van der Waals surface area (Å²) >= 11 is 0. The van der Waals surface area contributed by atoms with Crippen molar-refractivity contribution in [2.24, 2.45) is 0 Å². The zero-order chi connectivity index (χ0) is 23.4. The number of anilines is 2. The zero-order valence-corrected chi connectivity index (χ0v) is 19.3. The van der Waals surface area contributed by atoms with Crippen LogP contribution in [0.5, 0.6) is 23.0 Å². The fourth-order valence-corrected chi connectivity index (χ4v) is 4.00. The van der Waals surface area contributed by atoms with Crippen LogP contribution >= 0.6 is 0 Å². The van der Waals surface area contributed by atoms with Crippen molar-refractivity contribution in [1.29, 1.82) is 0 Å². The van der Waals surface area contributed by atoms with Crippen LogP contribution in [0.15, 0.2) is 84.9 Å². The van der Waals surface area contributed by atoms with Gasteiger partial charge in [0.2, 0.25) is 0 Å². The molecule has 0 atom stereocenters. The van der Waals surface area contributed by atoms with E-state index in [4.69, 9.17) is 20.9 Å². The van der Waals surface area contributed by atoms with Crippen LogP contribution in [-0.4, -0.2) is 0 Å². The van der Waals surface area contributed by atoms with E-state index in [9.17, 15) is 0 Å². The number of aryl methyl sites for hydroxylation is 2. The SMILES string of the molecule is CCC(c1cc(C)ccc1Oc1ccc(N)cc1)c1cc(C)ccc1Oc1ccc(N)cc1. The molecule has 0 bridgehead atoms. The highest BCUT2D eigenvalue weighted by atomic mass is 16.5. The molecule has 4 N–H and O–H groups in total. The summed E-state index contributed by atoms with van der Waals surface area (Å²) in [5.41, 5.74) is 17.7. The molecule has 33 heavy (non-hydrogen) atoms. The van der Waals surface area contributed by atoms with E-state index in [0.717, 1.165) is 40.5 Å². The summed E-state index contributed by atoms with van der Waals surface area (Å²) < 4.78 is 12.6. The minimum atomic E-state index is 0.0948. The number of rotatable bonds is 7. The number of benzene rings is 4. The van der Waals surface area contributed by atoms with Crippen LogP contribution in [0.2, 0.25) is 0 Å². The molecule has 0 radical (unpaired) electrons. The van der Waals surface area contributed by atoms with Gasteiger partial charge < -0.3 is 20.9 Å². The fourth-order valence-electron chi connectivity index (χ4n) is 4.00. The first-order valence-corrected chi connectivity index (χ1v) is 11.2. The first-order chi connectivity index (χ1) is 15.9. The molecule has 0 aromatic heterocycles. The third-order valence-electron chi connectivity index (χ3n) is 5.71. The van der Waals surface area contributed by atoms with Crippen molar-refractivity contribution < 1.29 is 9.47 Å². The Morgan fingerprint density at radius 3 is 1.36 bits per heavy atom. The largest absolute Gasteiger partial charge is 0.457 e. The van der Waals surface area contributed by atoms with Gasteiger partial charge in [-0.15, -0.1) is 0 Å². The average Bonchev–Trinajstić information content (AvgIpc) is 2.80. The molecular formula is C29H30N2O2. The molecule has 0 aliphatic heterocycles. The van der Waals surface area contributed by atoms with E-state index in [-0.39, 0.29) is 5.92 Å². The molecule has 4 heteroatoms. The summed E-state index contributed by atoms with van der Waals surface area (Å²) in [6, 6.07) is 27.6. The first-order valence-electron chi connectivity index (χ1n) is 11.2. The van der Waals surface area contributed by atoms with Crippen molar-refractivity contribution in [3.8, 4) is 23.0 Å². The van der Waals surface area contributed by atoms with Crippen LogP contribution in [0.3, 0.4) is 0 Å². The Labute approximate surface area is 195 Å². The highest BCUT2D eigenvalue weighted by Gasteiger charge is 2.22. The van der Waals surface area contributed by atoms with E-state index in [1.54, 1.807) is 0 Å². The third-order valence-corrected chi connectivity index (χ3v) is 5.71. The second kappa shape index (κ2) is 9.70. The van der Waals surface area contributed by atoms with Gasteiger partial charge in [0.05, 0.1) is 0 Å². The van der Waals surface area contributed by atoms with Gasteiger partial charge in [-0.1, -0.05) is 42.3 Å². The van der Waals surface area contributed by atoms with E-state index in [1.165, 1.54) is 11.1 Å². The van der Waals surface area contributed by atoms with Crippen LogP contribution in [0.4, 0.5) is 11.4 Å². The molecule has 0 unspecified atom stereocenters. The molecule has 0 spiro atoms. The van der Waals surface area contributed by atoms with Gasteiger partial charge >= 0.3 is 0 Å². The van der Waals surface area contributed by atoms with Gasteiger partial charge in [-0.05, 0) is 80.9 Å². The maximum atomic E-state index is 6.32. The van der Waals surface area contributed by atoms with Crippen molar-refractivity contribution in [2.75, 3.05) is 11.5 Å². The van der Waals surface area contributed by atoms with Gasteiger partial charge in [0.1, 0.15) is 23.0 Å². The quantitative estimate of drug-likeness (QED) is 0.292. The second-order valence-corrected chi connectivity index (χ2v) is 8.39. The highest BCUT2D eigenvalue weighted by molar-refractivity contribution is 5.52. The average molecular weight is 439 g/mol. The van der Waals surface area contributed by atoms with Gasteiger partial charge in [0.25, 0.3) is 0 Å². The van der Waals surface area contributed by atoms with Crippen molar-refractivity contribution >= 4 is 11.4 Å². The Kier molecular flexibility index (Phi) is 6.55. The maximum absolute atomic E-state index is 6.32. The lowest BCUT2D eigenvalue weighted by molar-refractivity contribution is 0.461. The summed E-state index contributed by atoms with van der Waals surface area (Å²) in [6.45, 7) is 6.39. The number of hydrogen-bond acceptors (Lipinski definition) is 4. The predicted molar refractivity (Wildman–Crippen MR) is 136 cm³/mol. The number of ether oxygens (including phenoxy) is 2. The summed E-state index contributed by atoms with van der Waals surface area (Å²) in [7, 11) is 0. The van der Waals surface area contributed by atoms with Gasteiger partial charge in [0.15, 0.2) is 0 Å². The normalized spacial score (nSPS) is 10.9. The van der Waals surface area contributed by atoms with Crippen LogP contribution in [0, 0.1) is 13.8 Å². The standard InChI is InChI=1S/C29H30N2O2/c1-4-25(26-17-19(2)5-15-28(26)32-23-11-7-21(30)8-12-23)27-18-20(3)6-16-29(27)33-24-13-9-22(31)10-14-24/h5-18,25H,4,30-31H2,1-3H3. The molecule has 0 heterocycles. The van der Waals surface area contributed by atoms with Crippen LogP contribution in [-0.2, 0) is 0 Å². The van der Waals surface area contributed by atoms with Gasteiger partial charge in [-0.2, -0.15) is 0 Å². The lowest BCUT2D eigenvalue weighted by atomic mass is 9.86. The van der Waals surface area contributed by atoms with Crippen molar-refractivity contribution in [2.45, 2.75) is 33.1 Å². The summed E-state index contributed by atoms with van der Waals surface area (Å²) in [4.78, 5) is 0. The van der Waals surface area contributed by atoms with Crippen LogP contribution in [0.25, 0.3) is 0 Å². The molecule has 4 aromatic carbocycles. The van der Waals surface area contributed by atoms with Crippen molar-refractivity contribution in [1.82, 2.24) is 0 Å². The Hall–Kier alpha value is -3.92. The summed E-state index contributed by atoms with van der Waals surface area (Å²) in [6.07, 6.45) is 0.892. The molecule has 4 nitrogen and oxygen atoms in total. The lowest BCUT2D eigenvalue weighted by Gasteiger charge is -2.23. The van der Waals surface area contributed by atoms with Crippen LogP contribution < -0.4 is 20.9 Å². The van der Waals surface area contributed by atoms with Crippen molar-refractivity contribution in [3.05, 3.63) is 107 Å². The lowest BCUT2D eigenvalue weighted by Crippen LogP contribution is -2.05. The topological polar surface area (TPSA) is 70.5 Å². The van der Waals surface area contributed by atoms with E-state index in [0.29, 0.717) is 11.4 Å². The van der Waals surface area contributed by atoms with Gasteiger partial charge in [-0.3, -0.25) is 0 Å². The molecule has 0 aliphatic rings. The molecule has 168 valence electrons. The molecular weight excluding hydrogens is 408 g/mol. The molecule has 0 saturated carbocycles.